The fraction of sp³-hybridized carbons (Fsp3) is 0.390. The molecule has 0 aromatic heterocycles. The molecule has 4 heterocycles. The van der Waals surface area contributed by atoms with Gasteiger partial charge < -0.3 is 29.3 Å². The number of methoxy groups -OCH3 is 1. The number of hydrogen-bond donors (Lipinski definition) is 1. The predicted molar refractivity (Wildman–Crippen MR) is 297 cm³/mol. The van der Waals surface area contributed by atoms with Gasteiger partial charge in [-0.2, -0.15) is 0 Å². The Morgan fingerprint density at radius 1 is 0.797 bits per heavy atom. The number of nitrogens with one attached hydrogen (secondary N) is 1. The third kappa shape index (κ3) is 12.3. The molecule has 4 aliphatic rings. The highest BCUT2D eigenvalue weighted by Gasteiger charge is 2.38. The average molecular weight is 1040 g/mol. The van der Waals surface area contributed by atoms with E-state index >= 15 is 0 Å². The maximum absolute atomic E-state index is 14.1. The van der Waals surface area contributed by atoms with Crippen molar-refractivity contribution in [1.29, 1.82) is 0 Å². The molecule has 4 aliphatic heterocycles. The molecular formula is C59H65N5O8S2. The molecule has 9 rings (SSSR count). The summed E-state index contributed by atoms with van der Waals surface area (Å²) in [6.07, 6.45) is 11.1. The molecule has 0 fully saturated rings. The number of benzene rings is 5. The van der Waals surface area contributed by atoms with Gasteiger partial charge in [-0.05, 0) is 155 Å². The summed E-state index contributed by atoms with van der Waals surface area (Å²) in [4.78, 5) is 68.0. The van der Waals surface area contributed by atoms with Crippen LogP contribution in [0.4, 0.5) is 22.7 Å². The lowest BCUT2D eigenvalue weighted by Crippen LogP contribution is -2.37. The highest BCUT2D eigenvalue weighted by atomic mass is 33.1. The zero-order valence-corrected chi connectivity index (χ0v) is 44.6. The Bertz CT molecular complexity index is 2970. The van der Waals surface area contributed by atoms with Crippen molar-refractivity contribution in [1.82, 2.24) is 0 Å². The van der Waals surface area contributed by atoms with Crippen LogP contribution in [0.1, 0.15) is 126 Å². The molecule has 1 N–H and O–H groups in total. The van der Waals surface area contributed by atoms with Crippen molar-refractivity contribution < 1.29 is 38.2 Å². The van der Waals surface area contributed by atoms with Crippen molar-refractivity contribution in [3.8, 4) is 17.2 Å². The van der Waals surface area contributed by atoms with Crippen LogP contribution in [0.2, 0.25) is 0 Å². The minimum absolute atomic E-state index is 0.0301. The maximum Gasteiger partial charge on any atom is 0.261 e. The fourth-order valence-corrected chi connectivity index (χ4v) is 12.8. The number of carbonyl (C=O) groups is 4. The minimum Gasteiger partial charge on any atom is -0.493 e. The van der Waals surface area contributed by atoms with Crippen LogP contribution in [-0.2, 0) is 46.9 Å². The summed E-state index contributed by atoms with van der Waals surface area (Å²) in [7, 11) is 5.04. The van der Waals surface area contributed by atoms with E-state index in [1.54, 1.807) is 58.9 Å². The van der Waals surface area contributed by atoms with E-state index in [0.29, 0.717) is 78.5 Å². The minimum atomic E-state index is -0.195. The molecule has 3 amide bonds. The number of ether oxygens (including phenoxy) is 3. The van der Waals surface area contributed by atoms with Crippen molar-refractivity contribution in [2.45, 2.75) is 128 Å². The van der Waals surface area contributed by atoms with Crippen LogP contribution < -0.4 is 29.3 Å². The van der Waals surface area contributed by atoms with Crippen LogP contribution >= 0.6 is 21.6 Å². The lowest BCUT2D eigenvalue weighted by atomic mass is 9.98. The van der Waals surface area contributed by atoms with Gasteiger partial charge >= 0.3 is 0 Å². The average Bonchev–Trinajstić information content (AvgIpc) is 3.89. The Balaban J connectivity index is 0.871. The summed E-state index contributed by atoms with van der Waals surface area (Å²) in [5.41, 5.74) is 9.89. The van der Waals surface area contributed by atoms with E-state index < -0.39 is 0 Å². The number of nitrogens with zero attached hydrogens (tertiary/aromatic N) is 4. The monoisotopic (exact) mass is 1040 g/mol. The van der Waals surface area contributed by atoms with Crippen LogP contribution in [0.5, 0.6) is 17.2 Å². The number of unbranched alkanes of at least 4 members (excludes halogenated alkanes) is 1. The number of carbonyl (C=O) groups excluding carboxylic acids is 4. The second-order valence-electron chi connectivity index (χ2n) is 20.0. The SMILES string of the molecule is C/C=N\OCCCCC(=O)CCCSSC(C)(C)CCC(=O)Nc1cc(COc2cc3c(cc2C)C(=O)N2c4ccccc4C[C@H]2CC3)cc(COc2cc3c(cc2OC)C(=O)N2c4ccccc4C[C@H]2C=N3)c1. The summed E-state index contributed by atoms with van der Waals surface area (Å²) in [5, 5.41) is 6.90. The van der Waals surface area contributed by atoms with Crippen molar-refractivity contribution in [3.63, 3.8) is 0 Å². The molecule has 386 valence electrons. The highest BCUT2D eigenvalue weighted by molar-refractivity contribution is 8.77. The van der Waals surface area contributed by atoms with Gasteiger partial charge in [0.25, 0.3) is 11.8 Å². The molecule has 0 saturated carbocycles. The summed E-state index contributed by atoms with van der Waals surface area (Å²) in [6, 6.07) is 29.3. The highest BCUT2D eigenvalue weighted by Crippen LogP contribution is 2.43. The van der Waals surface area contributed by atoms with E-state index in [2.05, 4.69) is 30.4 Å². The van der Waals surface area contributed by atoms with Crippen molar-refractivity contribution in [2.75, 3.05) is 34.6 Å². The molecule has 0 spiro atoms. The molecule has 0 saturated heterocycles. The third-order valence-corrected chi connectivity index (χ3v) is 17.4. The summed E-state index contributed by atoms with van der Waals surface area (Å²) >= 11 is 0. The van der Waals surface area contributed by atoms with E-state index in [4.69, 9.17) is 24.0 Å². The molecule has 74 heavy (non-hydrogen) atoms. The van der Waals surface area contributed by atoms with Gasteiger partial charge in [-0.15, -0.1) is 0 Å². The van der Waals surface area contributed by atoms with Gasteiger partial charge in [0.1, 0.15) is 31.4 Å². The smallest absolute Gasteiger partial charge is 0.261 e. The molecule has 5 aromatic carbocycles. The third-order valence-electron chi connectivity index (χ3n) is 14.0. The van der Waals surface area contributed by atoms with E-state index in [1.807, 2.05) is 90.8 Å². The van der Waals surface area contributed by atoms with Gasteiger partial charge in [0.05, 0.1) is 24.4 Å². The Kier molecular flexibility index (Phi) is 16.8. The normalized spacial score (nSPS) is 16.4. The fourth-order valence-electron chi connectivity index (χ4n) is 10.2. The van der Waals surface area contributed by atoms with E-state index in [0.717, 1.165) is 83.5 Å². The van der Waals surface area contributed by atoms with Gasteiger partial charge in [0.2, 0.25) is 5.91 Å². The second-order valence-corrected chi connectivity index (χ2v) is 23.1. The van der Waals surface area contributed by atoms with Crippen LogP contribution in [0, 0.1) is 6.92 Å². The van der Waals surface area contributed by atoms with E-state index in [1.165, 1.54) is 5.56 Å². The largest absolute Gasteiger partial charge is 0.493 e. The summed E-state index contributed by atoms with van der Waals surface area (Å²) < 4.78 is 18.7. The zero-order chi connectivity index (χ0) is 51.8. The lowest BCUT2D eigenvalue weighted by molar-refractivity contribution is -0.119. The predicted octanol–water partition coefficient (Wildman–Crippen LogP) is 12.4. The van der Waals surface area contributed by atoms with Gasteiger partial charge in [-0.25, -0.2) is 0 Å². The number of hydrogen-bond acceptors (Lipinski definition) is 12. The van der Waals surface area contributed by atoms with Crippen molar-refractivity contribution >= 4 is 80.3 Å². The first kappa shape index (κ1) is 52.3. The van der Waals surface area contributed by atoms with Gasteiger partial charge in [0.15, 0.2) is 11.5 Å². The first-order valence-corrected chi connectivity index (χ1v) is 28.0. The quantitative estimate of drug-likeness (QED) is 0.0290. The Morgan fingerprint density at radius 2 is 1.50 bits per heavy atom. The Hall–Kier alpha value is -6.58. The number of para-hydroxylation sites is 2. The van der Waals surface area contributed by atoms with E-state index in [-0.39, 0.29) is 53.5 Å². The molecule has 0 aliphatic carbocycles. The first-order valence-electron chi connectivity index (χ1n) is 25.7. The number of rotatable bonds is 23. The zero-order valence-electron chi connectivity index (χ0n) is 42.9. The number of fused-ring (bicyclic) bond motifs is 8. The molecule has 0 unspecified atom stereocenters. The summed E-state index contributed by atoms with van der Waals surface area (Å²) in [6.45, 7) is 8.89. The molecular weight excluding hydrogens is 971 g/mol. The number of ketones is 1. The van der Waals surface area contributed by atoms with Gasteiger partial charge in [0, 0.05) is 83.3 Å². The van der Waals surface area contributed by atoms with Crippen molar-refractivity contribution in [3.05, 3.63) is 136 Å². The Morgan fingerprint density at radius 3 is 2.26 bits per heavy atom. The number of amides is 3. The lowest BCUT2D eigenvalue weighted by Gasteiger charge is -2.23. The van der Waals surface area contributed by atoms with Gasteiger partial charge in [-0.3, -0.25) is 29.1 Å². The van der Waals surface area contributed by atoms with Crippen LogP contribution in [0.15, 0.2) is 101 Å². The summed E-state index contributed by atoms with van der Waals surface area (Å²) in [5.74, 6) is 2.42. The molecule has 5 aromatic rings. The number of aliphatic imine (C=N–C) groups is 1. The Labute approximate surface area is 442 Å². The number of Topliss-reactive ketones (excluding diaryl/α,β-unsaturated/α-hetero) is 1. The maximum atomic E-state index is 14.1. The molecule has 2 atom stereocenters. The molecule has 15 heteroatoms. The number of anilines is 3. The molecule has 13 nitrogen and oxygen atoms in total. The molecule has 0 radical (unpaired) electrons. The van der Waals surface area contributed by atoms with Crippen molar-refractivity contribution in [2.24, 2.45) is 10.1 Å². The van der Waals surface area contributed by atoms with Crippen LogP contribution in [0.3, 0.4) is 0 Å². The van der Waals surface area contributed by atoms with E-state index in [9.17, 15) is 19.2 Å². The number of oxime groups is 1. The van der Waals surface area contributed by atoms with Gasteiger partial charge in [-0.1, -0.05) is 63.1 Å². The molecule has 0 bridgehead atoms. The van der Waals surface area contributed by atoms with Crippen LogP contribution in [-0.4, -0.2) is 72.2 Å². The van der Waals surface area contributed by atoms with Crippen LogP contribution in [0.25, 0.3) is 0 Å². The standard InChI is InChI=1S/C59H65N5O8S2/c1-6-61-72-24-12-11-16-47(65)17-13-25-73-74-59(3,4)23-22-56(66)62-44-28-39(36-70-53-32-41-20-21-45-30-42-14-7-9-18-51(42)63(45)57(67)48(41)26-38(53)2)27-40(29-44)37-71-55-34-50-49(33-54(55)69-5)58(68)64-46(35-60-50)31-43-15-8-10-19-52(43)64/h6-10,14-15,18-19,26-29,32-35,45-46H,11-13,16-17,20-25,30-31,36-37H2,1-5H3,(H,62,66)/b61-6-/t45-,46+/m1/s1. The number of aryl methyl sites for hydroxylation is 2. The topological polar surface area (TPSA) is 148 Å². The first-order chi connectivity index (χ1) is 35.9. The second kappa shape index (κ2) is 23.7.